The van der Waals surface area contributed by atoms with E-state index in [4.69, 9.17) is 23.7 Å². The van der Waals surface area contributed by atoms with Crippen molar-refractivity contribution in [3.63, 3.8) is 0 Å². The normalized spacial score (nSPS) is 37.0. The summed E-state index contributed by atoms with van der Waals surface area (Å²) in [6.07, 6.45) is 22.7. The number of hydrogen-bond acceptors (Lipinski definition) is 9. The summed E-state index contributed by atoms with van der Waals surface area (Å²) in [7, 11) is 0. The molecule has 8 rings (SSSR count). The first-order valence-electron chi connectivity index (χ1n) is 25.4. The fraction of sp³-hybridized carbons (Fsp3) is 0.904. The van der Waals surface area contributed by atoms with Gasteiger partial charge in [0.1, 0.15) is 25.9 Å². The van der Waals surface area contributed by atoms with Crippen LogP contribution in [0, 0.1) is 75.4 Å². The summed E-state index contributed by atoms with van der Waals surface area (Å²) in [5.41, 5.74) is 2.18. The van der Waals surface area contributed by atoms with E-state index in [1.807, 2.05) is 0 Å². The van der Waals surface area contributed by atoms with Gasteiger partial charge in [-0.15, -0.1) is 0 Å². The molecule has 0 heterocycles. The predicted octanol–water partition coefficient (Wildman–Crippen LogP) is 12.2. The van der Waals surface area contributed by atoms with Gasteiger partial charge in [-0.05, 0) is 172 Å². The zero-order chi connectivity index (χ0) is 43.4. The Morgan fingerprint density at radius 3 is 2.11 bits per heavy atom. The van der Waals surface area contributed by atoms with Gasteiger partial charge in [-0.3, -0.25) is 4.79 Å². The molecule has 0 aromatic heterocycles. The molecule has 7 fully saturated rings. The maximum absolute atomic E-state index is 13.3. The van der Waals surface area contributed by atoms with E-state index in [9.17, 15) is 14.4 Å². The van der Waals surface area contributed by atoms with Crippen LogP contribution in [0.1, 0.15) is 170 Å². The minimum absolute atomic E-state index is 0.00275. The fourth-order valence-electron chi connectivity index (χ4n) is 15.5. The van der Waals surface area contributed by atoms with E-state index >= 15 is 0 Å². The first-order chi connectivity index (χ1) is 29.2. The lowest BCUT2D eigenvalue weighted by molar-refractivity contribution is -0.154. The molecule has 9 nitrogen and oxygen atoms in total. The Kier molecular flexibility index (Phi) is 15.5. The Morgan fingerprint density at radius 1 is 0.770 bits per heavy atom. The second kappa shape index (κ2) is 20.3. The number of carbonyl (C=O) groups is 3. The van der Waals surface area contributed by atoms with Gasteiger partial charge in [0.2, 0.25) is 0 Å². The summed E-state index contributed by atoms with van der Waals surface area (Å²) in [4.78, 5) is 41.5. The number of rotatable bonds is 20. The largest absolute Gasteiger partial charge is 0.508 e. The summed E-state index contributed by atoms with van der Waals surface area (Å²) in [6, 6.07) is 0. The number of allylic oxidation sites excluding steroid dienone is 1. The first kappa shape index (κ1) is 46.7. The van der Waals surface area contributed by atoms with Gasteiger partial charge in [0.05, 0.1) is 18.9 Å². The summed E-state index contributed by atoms with van der Waals surface area (Å²) in [5.74, 6) is 6.26. The van der Waals surface area contributed by atoms with Gasteiger partial charge < -0.3 is 28.6 Å². The molecule has 1 unspecified atom stereocenters. The van der Waals surface area contributed by atoms with Gasteiger partial charge in [-0.25, -0.2) is 9.59 Å². The van der Waals surface area contributed by atoms with Gasteiger partial charge in [0.25, 0.3) is 0 Å². The van der Waals surface area contributed by atoms with Crippen LogP contribution in [0.15, 0.2) is 11.6 Å². The molecule has 61 heavy (non-hydrogen) atoms. The van der Waals surface area contributed by atoms with Crippen molar-refractivity contribution in [3.8, 4) is 0 Å². The molecule has 0 saturated heterocycles. The predicted molar refractivity (Wildman–Crippen MR) is 239 cm³/mol. The molecule has 9 atom stereocenters. The molecule has 9 heteroatoms. The molecule has 0 aliphatic heterocycles. The van der Waals surface area contributed by atoms with Gasteiger partial charge in [-0.1, -0.05) is 79.4 Å². The van der Waals surface area contributed by atoms with Gasteiger partial charge in [-0.2, -0.15) is 0 Å². The molecule has 0 aromatic rings. The van der Waals surface area contributed by atoms with Crippen LogP contribution >= 0.6 is 0 Å². The highest BCUT2D eigenvalue weighted by atomic mass is 16.7. The lowest BCUT2D eigenvalue weighted by Gasteiger charge is -2.58. The second-order valence-electron chi connectivity index (χ2n) is 22.8. The van der Waals surface area contributed by atoms with E-state index in [0.717, 1.165) is 112 Å². The quantitative estimate of drug-likeness (QED) is 0.0513. The number of hydrogen-bond donors (Lipinski definition) is 0. The van der Waals surface area contributed by atoms with Crippen LogP contribution < -0.4 is 0 Å². The van der Waals surface area contributed by atoms with Crippen LogP contribution in [-0.2, 0) is 28.5 Å². The molecular formula is C52H85NO8. The molecule has 8 aliphatic carbocycles. The minimum atomic E-state index is -0.762. The van der Waals surface area contributed by atoms with Crippen LogP contribution in [0.2, 0.25) is 0 Å². The van der Waals surface area contributed by atoms with E-state index in [1.165, 1.54) is 69.8 Å². The molecule has 8 aliphatic rings. The maximum atomic E-state index is 13.3. The monoisotopic (exact) mass is 852 g/mol. The molecule has 7 saturated carbocycles. The Balaban J connectivity index is 0.896. The molecule has 346 valence electrons. The summed E-state index contributed by atoms with van der Waals surface area (Å²) in [5, 5.41) is 0. The molecule has 0 amide bonds. The van der Waals surface area contributed by atoms with Crippen molar-refractivity contribution >= 4 is 18.3 Å². The lowest BCUT2D eigenvalue weighted by Crippen LogP contribution is -2.51. The highest BCUT2D eigenvalue weighted by molar-refractivity contribution is 5.70. The van der Waals surface area contributed by atoms with E-state index < -0.39 is 18.2 Å². The molecule has 0 radical (unpaired) electrons. The Hall–Kier alpha value is -2.29. The smallest absolute Gasteiger partial charge is 0.465 e. The minimum Gasteiger partial charge on any atom is -0.465 e. The van der Waals surface area contributed by atoms with Crippen LogP contribution in [0.4, 0.5) is 9.59 Å². The van der Waals surface area contributed by atoms with Gasteiger partial charge in [0.15, 0.2) is 0 Å². The van der Waals surface area contributed by atoms with Crippen LogP contribution in [-0.4, -0.2) is 75.3 Å². The van der Waals surface area contributed by atoms with Crippen LogP contribution in [0.5, 0.6) is 0 Å². The fourth-order valence-corrected chi connectivity index (χ4v) is 15.5. The van der Waals surface area contributed by atoms with E-state index in [1.54, 1.807) is 0 Å². The summed E-state index contributed by atoms with van der Waals surface area (Å²) in [6.45, 7) is 19.5. The summed E-state index contributed by atoms with van der Waals surface area (Å²) >= 11 is 0. The zero-order valence-corrected chi connectivity index (χ0v) is 39.5. The van der Waals surface area contributed by atoms with E-state index in [0.29, 0.717) is 24.2 Å². The van der Waals surface area contributed by atoms with Crippen molar-refractivity contribution in [2.75, 3.05) is 46.1 Å². The van der Waals surface area contributed by atoms with Crippen molar-refractivity contribution < 1.29 is 38.1 Å². The lowest BCUT2D eigenvalue weighted by atomic mass is 9.47. The first-order valence-corrected chi connectivity index (χ1v) is 25.4. The van der Waals surface area contributed by atoms with Gasteiger partial charge >= 0.3 is 18.3 Å². The number of ether oxygens (including phenoxy) is 5. The SMILES string of the molecule is CCN(CC)CCCOC(=O)OCC(COC(=O)CC12CC3CC(CC(C3)C1)C2)COC(=O)O[C@H]1CC[C@@]2(C)C(=CC[C@H]3[C@@H]4CC[C@H]([C@H](C)CCCC(C)C)[C@@]4(C)CC[C@@H]32)C1. The number of esters is 1. The standard InChI is InChI=1S/C52H85NO8/c1-8-53(9-2)22-11-23-57-48(55)59-33-40(32-58-47(54)31-52-28-37-24-38(29-52)26-39(25-37)30-52)34-60-49(56)61-42-18-20-50(6)41(27-42)14-15-43-45-17-16-44(36(5)13-10-12-35(3)4)51(45,7)21-19-46(43)50/h14,35-40,42-46H,8-13,15-34H2,1-7H3/t36-,37?,38?,39?,40?,42+,43+,44-,45+,46+,50+,51-,52?/m1/s1. The third-order valence-electron chi connectivity index (χ3n) is 18.3. The topological polar surface area (TPSA) is 101 Å². The number of fused-ring (bicyclic) bond motifs is 5. The highest BCUT2D eigenvalue weighted by Gasteiger charge is 2.59. The molecule has 0 N–H and O–H groups in total. The second-order valence-corrected chi connectivity index (χ2v) is 22.8. The van der Waals surface area contributed by atoms with Crippen LogP contribution in [0.25, 0.3) is 0 Å². The Bertz CT molecular complexity index is 1490. The molecule has 0 spiro atoms. The van der Waals surface area contributed by atoms with E-state index in [2.05, 4.69) is 59.4 Å². The van der Waals surface area contributed by atoms with E-state index in [-0.39, 0.29) is 49.3 Å². The van der Waals surface area contributed by atoms with Crippen molar-refractivity contribution in [2.24, 2.45) is 75.4 Å². The van der Waals surface area contributed by atoms with Crippen molar-refractivity contribution in [1.82, 2.24) is 4.90 Å². The van der Waals surface area contributed by atoms with Crippen molar-refractivity contribution in [3.05, 3.63) is 11.6 Å². The highest BCUT2D eigenvalue weighted by Crippen LogP contribution is 2.67. The maximum Gasteiger partial charge on any atom is 0.508 e. The zero-order valence-electron chi connectivity index (χ0n) is 39.5. The number of carbonyl (C=O) groups excluding carboxylic acids is 3. The summed E-state index contributed by atoms with van der Waals surface area (Å²) < 4.78 is 28.5. The van der Waals surface area contributed by atoms with Gasteiger partial charge in [0, 0.05) is 13.0 Å². The molecule has 4 bridgehead atoms. The van der Waals surface area contributed by atoms with Crippen LogP contribution in [0.3, 0.4) is 0 Å². The third kappa shape index (κ3) is 11.0. The third-order valence-corrected chi connectivity index (χ3v) is 18.3. The average Bonchev–Trinajstić information content (AvgIpc) is 3.57. The van der Waals surface area contributed by atoms with Crippen molar-refractivity contribution in [1.29, 1.82) is 0 Å². The number of nitrogens with zero attached hydrogens (tertiary/aromatic N) is 1. The molecular weight excluding hydrogens is 767 g/mol. The average molecular weight is 852 g/mol. The molecule has 0 aromatic carbocycles. The Morgan fingerprint density at radius 2 is 1.44 bits per heavy atom. The Labute approximate surface area is 369 Å². The van der Waals surface area contributed by atoms with Crippen molar-refractivity contribution in [2.45, 2.75) is 177 Å².